The molecule has 116 heavy (non-hydrogen) atoms. The first-order chi connectivity index (χ1) is 56.0. The average Bonchev–Trinajstić information content (AvgIpc) is 0.815. The van der Waals surface area contributed by atoms with Crippen molar-refractivity contribution in [2.75, 3.05) is 65.4 Å². The second-order valence-corrected chi connectivity index (χ2v) is 32.9. The zero-order valence-electron chi connectivity index (χ0n) is 75.8. The molecule has 0 spiro atoms. The summed E-state index contributed by atoms with van der Waals surface area (Å²) in [4.78, 5) is 95.4. The largest absolute Gasteiger partial charge is 0.493 e. The van der Waals surface area contributed by atoms with E-state index < -0.39 is 11.8 Å². The van der Waals surface area contributed by atoms with E-state index in [0.29, 0.717) is 64.9 Å². The average molecular weight is 1610 g/mol. The molecule has 20 heteroatoms. The third-order valence-electron chi connectivity index (χ3n) is 23.8. The molecule has 650 valence electrons. The van der Waals surface area contributed by atoms with E-state index in [1.807, 2.05) is 31.7 Å². The predicted molar refractivity (Wildman–Crippen MR) is 476 cm³/mol. The highest BCUT2D eigenvalue weighted by Crippen LogP contribution is 2.33. The lowest BCUT2D eigenvalue weighted by atomic mass is 9.94. The number of aliphatic hydroxyl groups is 2. The number of aldehydes is 2. The van der Waals surface area contributed by atoms with Gasteiger partial charge in [0, 0.05) is 98.8 Å². The third kappa shape index (κ3) is 37.3. The van der Waals surface area contributed by atoms with E-state index in [2.05, 4.69) is 142 Å². The Hall–Kier alpha value is -8.00. The minimum atomic E-state index is -0.618. The Morgan fingerprint density at radius 1 is 0.353 bits per heavy atom. The topological polar surface area (TPSA) is 277 Å². The molecule has 0 aliphatic rings. The standard InChI is InChI=1S/C96H158N12O8/c1-19-35-43-73(27-9)61-105(62-74(28-10)44-36-20-2)93(113)81-53-82(94(114)106(63-75(29-11)45-37-21-3)64-76(30-12)46-38-22-4)56-87(55-81)101-103-89(71(17)85(59-97)69-109)91(111)99-51-52-100-92(112)90(72(18)86(60-98)70-110)104-102-88-57-83(95(115)107(65-77(31-13)47-39-23-5)66-78(32-14)48-40-24-6)54-84(58-88)96(116)108(67-79(33-15)49-41-25-7)68-80(34-16)50-42-26-8/h53-58,69-70,73-80,99-100,111-112H,19-52,61-68H2,1-18H3/b85-71-,86-72-,91-89-,92-90-,103-101+,104-102+. The van der Waals surface area contributed by atoms with E-state index in [4.69, 9.17) is 0 Å². The van der Waals surface area contributed by atoms with Gasteiger partial charge in [0.2, 0.25) is 11.8 Å². The lowest BCUT2D eigenvalue weighted by molar-refractivity contribution is -0.105. The Labute approximate surface area is 703 Å². The number of aliphatic hydroxyl groups excluding tert-OH is 2. The molecule has 0 aliphatic heterocycles. The summed E-state index contributed by atoms with van der Waals surface area (Å²) >= 11 is 0. The van der Waals surface area contributed by atoms with E-state index in [0.717, 1.165) is 205 Å². The number of carbonyl (C=O) groups is 6. The molecule has 4 amide bonds. The fraction of sp³-hybridized carbons (Fsp3) is 0.708. The van der Waals surface area contributed by atoms with Gasteiger partial charge in [0.1, 0.15) is 23.5 Å². The summed E-state index contributed by atoms with van der Waals surface area (Å²) < 4.78 is 0. The highest BCUT2D eigenvalue weighted by atomic mass is 16.3. The van der Waals surface area contributed by atoms with Gasteiger partial charge in [0.25, 0.3) is 23.6 Å². The molecular weight excluding hydrogens is 1450 g/mol. The van der Waals surface area contributed by atoms with Crippen LogP contribution in [-0.4, -0.2) is 131 Å². The predicted octanol–water partition coefficient (Wildman–Crippen LogP) is 24.8. The van der Waals surface area contributed by atoms with Crippen LogP contribution in [0, 0.1) is 70.0 Å². The third-order valence-corrected chi connectivity index (χ3v) is 23.8. The zero-order valence-corrected chi connectivity index (χ0v) is 75.8. The van der Waals surface area contributed by atoms with E-state index in [1.165, 1.54) is 13.8 Å². The van der Waals surface area contributed by atoms with Crippen molar-refractivity contribution in [1.29, 1.82) is 10.5 Å². The summed E-state index contributed by atoms with van der Waals surface area (Å²) in [6.45, 7) is 41.7. The Balaban J connectivity index is 3.18. The van der Waals surface area contributed by atoms with E-state index in [1.54, 1.807) is 36.4 Å². The number of amides is 4. The number of allylic oxidation sites excluding steroid dienone is 4. The lowest BCUT2D eigenvalue weighted by Gasteiger charge is -2.32. The van der Waals surface area contributed by atoms with Gasteiger partial charge in [-0.05, 0) is 149 Å². The number of hydrogen-bond donors (Lipinski definition) is 4. The van der Waals surface area contributed by atoms with E-state index >= 15 is 19.2 Å². The van der Waals surface area contributed by atoms with Gasteiger partial charge in [0.05, 0.1) is 22.5 Å². The summed E-state index contributed by atoms with van der Waals surface area (Å²) in [6.07, 6.45) is 32.1. The van der Waals surface area contributed by atoms with Crippen molar-refractivity contribution in [3.05, 3.63) is 104 Å². The Morgan fingerprint density at radius 2 is 0.543 bits per heavy atom. The van der Waals surface area contributed by atoms with Gasteiger partial charge in [0.15, 0.2) is 12.6 Å². The van der Waals surface area contributed by atoms with Crippen LogP contribution in [0.25, 0.3) is 0 Å². The van der Waals surface area contributed by atoms with Crippen LogP contribution in [0.5, 0.6) is 0 Å². The molecule has 0 aromatic heterocycles. The molecule has 0 aliphatic carbocycles. The van der Waals surface area contributed by atoms with Crippen molar-refractivity contribution in [2.45, 2.75) is 330 Å². The van der Waals surface area contributed by atoms with Crippen molar-refractivity contribution in [2.24, 2.45) is 67.8 Å². The quantitative estimate of drug-likeness (QED) is 0.00915. The summed E-state index contributed by atoms with van der Waals surface area (Å²) in [5.74, 6) is -0.129. The first kappa shape index (κ1) is 104. The van der Waals surface area contributed by atoms with Crippen LogP contribution < -0.4 is 10.6 Å². The monoisotopic (exact) mass is 1610 g/mol. The smallest absolute Gasteiger partial charge is 0.253 e. The highest BCUT2D eigenvalue weighted by molar-refractivity contribution is 6.02. The van der Waals surface area contributed by atoms with Crippen LogP contribution in [0.3, 0.4) is 0 Å². The normalized spacial score (nSPS) is 14.7. The van der Waals surface area contributed by atoms with Crippen LogP contribution in [-0.2, 0) is 9.59 Å². The number of nitrogens with one attached hydrogen (secondary N) is 2. The Bertz CT molecular complexity index is 3070. The van der Waals surface area contributed by atoms with Crippen molar-refractivity contribution in [3.63, 3.8) is 0 Å². The Kier molecular flexibility index (Phi) is 55.0. The molecule has 0 radical (unpaired) electrons. The number of hydrogen-bond acceptors (Lipinski definition) is 16. The van der Waals surface area contributed by atoms with Crippen LogP contribution >= 0.6 is 0 Å². The number of carbonyl (C=O) groups excluding carboxylic acids is 6. The maximum absolute atomic E-state index is 15.6. The maximum Gasteiger partial charge on any atom is 0.253 e. The van der Waals surface area contributed by atoms with Gasteiger partial charge >= 0.3 is 0 Å². The van der Waals surface area contributed by atoms with E-state index in [-0.39, 0.29) is 151 Å². The molecular formula is C96H158N12O8. The molecule has 2 aromatic carbocycles. The summed E-state index contributed by atoms with van der Waals surface area (Å²) in [5.41, 5.74) is -0.0904. The first-order valence-electron chi connectivity index (χ1n) is 45.8. The molecule has 0 bridgehead atoms. The number of unbranched alkanes of at least 4 members (excludes halogenated alkanes) is 8. The fourth-order valence-electron chi connectivity index (χ4n) is 15.4. The summed E-state index contributed by atoms with van der Waals surface area (Å²) in [7, 11) is 0. The highest BCUT2D eigenvalue weighted by Gasteiger charge is 2.31. The molecule has 2 rings (SSSR count). The second kappa shape index (κ2) is 61.3. The molecule has 8 atom stereocenters. The molecule has 0 heterocycles. The van der Waals surface area contributed by atoms with Gasteiger partial charge in [-0.1, -0.05) is 265 Å². The molecule has 4 N–H and O–H groups in total. The number of benzene rings is 2. The van der Waals surface area contributed by atoms with Gasteiger partial charge < -0.3 is 40.4 Å². The van der Waals surface area contributed by atoms with Gasteiger partial charge in [-0.15, -0.1) is 10.2 Å². The minimum Gasteiger partial charge on any atom is -0.493 e. The lowest BCUT2D eigenvalue weighted by Crippen LogP contribution is -2.40. The molecule has 0 saturated carbocycles. The molecule has 2 aromatic rings. The summed E-state index contributed by atoms with van der Waals surface area (Å²) in [6, 6.07) is 13.7. The van der Waals surface area contributed by atoms with E-state index in [9.17, 15) is 30.3 Å². The summed E-state index contributed by atoms with van der Waals surface area (Å²) in [5, 5.41) is 69.0. The number of nitriles is 2. The molecule has 20 nitrogen and oxygen atoms in total. The maximum atomic E-state index is 15.6. The zero-order chi connectivity index (χ0) is 86.3. The van der Waals surface area contributed by atoms with Crippen LogP contribution in [0.15, 0.2) is 102 Å². The van der Waals surface area contributed by atoms with Crippen molar-refractivity contribution < 1.29 is 39.0 Å². The van der Waals surface area contributed by atoms with Gasteiger partial charge in [-0.3, -0.25) is 28.8 Å². The van der Waals surface area contributed by atoms with Crippen LogP contribution in [0.1, 0.15) is 372 Å². The van der Waals surface area contributed by atoms with Crippen molar-refractivity contribution in [3.8, 4) is 12.1 Å². The number of azo groups is 2. The van der Waals surface area contributed by atoms with Crippen molar-refractivity contribution in [1.82, 2.24) is 30.2 Å². The minimum absolute atomic E-state index is 0.0421. The molecule has 8 unspecified atom stereocenters. The van der Waals surface area contributed by atoms with Crippen LogP contribution in [0.4, 0.5) is 11.4 Å². The molecule has 0 saturated heterocycles. The fourth-order valence-corrected chi connectivity index (χ4v) is 15.4. The number of nitrogens with zero attached hydrogens (tertiary/aromatic N) is 10. The molecule has 0 fully saturated rings. The van der Waals surface area contributed by atoms with Gasteiger partial charge in [-0.2, -0.15) is 20.8 Å². The Morgan fingerprint density at radius 3 is 0.698 bits per heavy atom. The SMILES string of the molecule is CCCCC(CC)CN(CC(CC)CCCC)C(=O)c1cc(/N=N/C(=C(\O)NCCN/C(O)=C(/N=N/c2cc(C(=O)N(CC(CC)CCCC)CC(CC)CCCC)cc(C(=O)N(CC(CC)CCCC)CC(CC)CCCC)c2)C(\C)=C(\C#N)C=O)C(/C)=C(/C#N)C=O)cc(C(=O)N(CC(CC)CCCC)CC(CC)CCCC)c1. The van der Waals surface area contributed by atoms with Crippen LogP contribution in [0.2, 0.25) is 0 Å². The van der Waals surface area contributed by atoms with Crippen molar-refractivity contribution >= 4 is 47.6 Å². The second-order valence-electron chi connectivity index (χ2n) is 32.9. The number of rotatable bonds is 65. The van der Waals surface area contributed by atoms with Gasteiger partial charge in [-0.25, -0.2) is 0 Å². The first-order valence-corrected chi connectivity index (χ1v) is 45.8.